The summed E-state index contributed by atoms with van der Waals surface area (Å²) in [7, 11) is 1.78. The Hall–Kier alpha value is -1.92. The summed E-state index contributed by atoms with van der Waals surface area (Å²) < 4.78 is 1.60. The summed E-state index contributed by atoms with van der Waals surface area (Å²) in [4.78, 5) is 26.2. The molecule has 1 unspecified atom stereocenters. The summed E-state index contributed by atoms with van der Waals surface area (Å²) >= 11 is 0. The highest BCUT2D eigenvalue weighted by atomic mass is 16.2. The molecular formula is C14H21N5O2. The summed E-state index contributed by atoms with van der Waals surface area (Å²) in [5.41, 5.74) is 0.711. The molecule has 2 heterocycles. The van der Waals surface area contributed by atoms with Crippen LogP contribution in [0.25, 0.3) is 0 Å². The van der Waals surface area contributed by atoms with Crippen LogP contribution < -0.4 is 5.32 Å². The van der Waals surface area contributed by atoms with Gasteiger partial charge in [0, 0.05) is 13.2 Å². The van der Waals surface area contributed by atoms with Gasteiger partial charge in [-0.05, 0) is 18.8 Å². The number of hydrogen-bond acceptors (Lipinski definition) is 4. The number of aryl methyl sites for hydroxylation is 1. The molecule has 21 heavy (non-hydrogen) atoms. The van der Waals surface area contributed by atoms with Crippen LogP contribution in [0.5, 0.6) is 0 Å². The molecule has 7 nitrogen and oxygen atoms in total. The summed E-state index contributed by atoms with van der Waals surface area (Å²) in [5, 5.41) is 10.7. The van der Waals surface area contributed by atoms with Crippen LogP contribution in [0, 0.1) is 5.92 Å². The van der Waals surface area contributed by atoms with Gasteiger partial charge >= 0.3 is 0 Å². The van der Waals surface area contributed by atoms with Crippen molar-refractivity contribution in [3.63, 3.8) is 0 Å². The lowest BCUT2D eigenvalue weighted by atomic mass is 9.82. The minimum Gasteiger partial charge on any atom is -0.342 e. The Kier molecular flexibility index (Phi) is 3.90. The monoisotopic (exact) mass is 291 g/mol. The Morgan fingerprint density at radius 1 is 1.29 bits per heavy atom. The third-order valence-electron chi connectivity index (χ3n) is 4.35. The number of carbonyl (C=O) groups is 2. The van der Waals surface area contributed by atoms with Crippen molar-refractivity contribution in [2.45, 2.75) is 44.7 Å². The molecule has 1 aromatic heterocycles. The van der Waals surface area contributed by atoms with Crippen LogP contribution in [0.4, 0.5) is 0 Å². The maximum Gasteiger partial charge on any atom is 0.246 e. The van der Waals surface area contributed by atoms with Gasteiger partial charge in [-0.25, -0.2) is 0 Å². The molecule has 0 bridgehead atoms. The maximum atomic E-state index is 12.6. The van der Waals surface area contributed by atoms with Gasteiger partial charge in [0.15, 0.2) is 0 Å². The van der Waals surface area contributed by atoms with E-state index in [1.54, 1.807) is 22.8 Å². The van der Waals surface area contributed by atoms with E-state index in [4.69, 9.17) is 0 Å². The molecule has 2 amide bonds. The van der Waals surface area contributed by atoms with Gasteiger partial charge in [-0.15, -0.1) is 5.10 Å². The quantitative estimate of drug-likeness (QED) is 0.864. The molecule has 0 spiro atoms. The molecule has 1 aliphatic carbocycles. The summed E-state index contributed by atoms with van der Waals surface area (Å²) in [6.07, 6.45) is 7.35. The largest absolute Gasteiger partial charge is 0.342 e. The molecule has 2 aliphatic rings. The standard InChI is InChI=1S/C14H21N5O2/c1-18-7-11(16-17-18)8-19-9-12(20)15-13(14(19)21)10-5-3-2-4-6-10/h7,10,13H,2-6,8-9H2,1H3,(H,15,20). The highest BCUT2D eigenvalue weighted by Gasteiger charge is 2.38. The van der Waals surface area contributed by atoms with Crippen molar-refractivity contribution in [2.24, 2.45) is 13.0 Å². The van der Waals surface area contributed by atoms with E-state index in [0.29, 0.717) is 12.2 Å². The number of amides is 2. The first-order chi connectivity index (χ1) is 10.1. The first kappa shape index (κ1) is 14.0. The summed E-state index contributed by atoms with van der Waals surface area (Å²) in [6.45, 7) is 0.460. The fraction of sp³-hybridized carbons (Fsp3) is 0.714. The fourth-order valence-corrected chi connectivity index (χ4v) is 3.31. The van der Waals surface area contributed by atoms with Gasteiger partial charge in [0.2, 0.25) is 11.8 Å². The Bertz CT molecular complexity index is 535. The minimum atomic E-state index is -0.358. The van der Waals surface area contributed by atoms with Crippen LogP contribution in [0.1, 0.15) is 37.8 Å². The van der Waals surface area contributed by atoms with Crippen molar-refractivity contribution < 1.29 is 9.59 Å². The van der Waals surface area contributed by atoms with Crippen LogP contribution >= 0.6 is 0 Å². The SMILES string of the molecule is Cn1cc(CN2CC(=O)NC(C3CCCCC3)C2=O)nn1. The van der Waals surface area contributed by atoms with Crippen molar-refractivity contribution in [1.82, 2.24) is 25.2 Å². The molecule has 114 valence electrons. The summed E-state index contributed by atoms with van der Waals surface area (Å²) in [5.74, 6) is 0.223. The third-order valence-corrected chi connectivity index (χ3v) is 4.35. The van der Waals surface area contributed by atoms with Gasteiger partial charge in [0.1, 0.15) is 18.3 Å². The molecule has 1 atom stereocenters. The fourth-order valence-electron chi connectivity index (χ4n) is 3.31. The second kappa shape index (κ2) is 5.83. The van der Waals surface area contributed by atoms with E-state index in [1.807, 2.05) is 0 Å². The van der Waals surface area contributed by atoms with Crippen molar-refractivity contribution in [2.75, 3.05) is 6.54 Å². The highest BCUT2D eigenvalue weighted by molar-refractivity contribution is 5.95. The van der Waals surface area contributed by atoms with E-state index in [0.717, 1.165) is 25.7 Å². The zero-order valence-electron chi connectivity index (χ0n) is 12.3. The second-order valence-corrected chi connectivity index (χ2v) is 6.02. The Morgan fingerprint density at radius 2 is 2.05 bits per heavy atom. The van der Waals surface area contributed by atoms with Crippen molar-refractivity contribution >= 4 is 11.8 Å². The first-order valence-corrected chi connectivity index (χ1v) is 7.57. The van der Waals surface area contributed by atoms with Gasteiger partial charge in [0.05, 0.1) is 6.54 Å². The zero-order chi connectivity index (χ0) is 14.8. The molecule has 2 fully saturated rings. The number of carbonyl (C=O) groups excluding carboxylic acids is 2. The smallest absolute Gasteiger partial charge is 0.246 e. The van der Waals surface area contributed by atoms with E-state index in [2.05, 4.69) is 15.6 Å². The Morgan fingerprint density at radius 3 is 2.71 bits per heavy atom. The molecule has 3 rings (SSSR count). The Labute approximate surface area is 123 Å². The highest BCUT2D eigenvalue weighted by Crippen LogP contribution is 2.28. The predicted octanol–water partition coefficient (Wildman–Crippen LogP) is 0.222. The van der Waals surface area contributed by atoms with E-state index < -0.39 is 0 Å². The lowest BCUT2D eigenvalue weighted by molar-refractivity contribution is -0.146. The normalized spacial score (nSPS) is 24.2. The van der Waals surface area contributed by atoms with E-state index in [-0.39, 0.29) is 30.3 Å². The average Bonchev–Trinajstić information content (AvgIpc) is 2.89. The van der Waals surface area contributed by atoms with Crippen LogP contribution in [-0.2, 0) is 23.2 Å². The van der Waals surface area contributed by atoms with Crippen molar-refractivity contribution in [3.05, 3.63) is 11.9 Å². The van der Waals surface area contributed by atoms with E-state index in [9.17, 15) is 9.59 Å². The van der Waals surface area contributed by atoms with Gasteiger partial charge in [-0.2, -0.15) is 0 Å². The van der Waals surface area contributed by atoms with Gasteiger partial charge in [-0.3, -0.25) is 14.3 Å². The molecule has 1 N–H and O–H groups in total. The summed E-state index contributed by atoms with van der Waals surface area (Å²) in [6, 6.07) is -0.358. The number of nitrogens with one attached hydrogen (secondary N) is 1. The molecule has 0 aromatic carbocycles. The van der Waals surface area contributed by atoms with Crippen LogP contribution in [0.15, 0.2) is 6.20 Å². The third kappa shape index (κ3) is 3.06. The van der Waals surface area contributed by atoms with Crippen molar-refractivity contribution in [3.8, 4) is 0 Å². The molecule has 1 saturated carbocycles. The van der Waals surface area contributed by atoms with Crippen LogP contribution in [-0.4, -0.2) is 44.3 Å². The zero-order valence-corrected chi connectivity index (χ0v) is 12.3. The predicted molar refractivity (Wildman–Crippen MR) is 74.9 cm³/mol. The van der Waals surface area contributed by atoms with Gasteiger partial charge in [-0.1, -0.05) is 24.5 Å². The molecule has 0 radical (unpaired) electrons. The molecule has 1 saturated heterocycles. The van der Waals surface area contributed by atoms with E-state index in [1.165, 1.54) is 6.42 Å². The molecule has 1 aromatic rings. The molecule has 7 heteroatoms. The lowest BCUT2D eigenvalue weighted by Crippen LogP contribution is -2.60. The number of hydrogen-bond donors (Lipinski definition) is 1. The molecule has 1 aliphatic heterocycles. The minimum absolute atomic E-state index is 0.0205. The second-order valence-electron chi connectivity index (χ2n) is 6.02. The van der Waals surface area contributed by atoms with Crippen molar-refractivity contribution in [1.29, 1.82) is 0 Å². The maximum absolute atomic E-state index is 12.6. The molecular weight excluding hydrogens is 270 g/mol. The van der Waals surface area contributed by atoms with E-state index >= 15 is 0 Å². The van der Waals surface area contributed by atoms with Crippen LogP contribution in [0.3, 0.4) is 0 Å². The number of piperazine rings is 1. The Balaban J connectivity index is 1.71. The van der Waals surface area contributed by atoms with Crippen LogP contribution in [0.2, 0.25) is 0 Å². The van der Waals surface area contributed by atoms with Gasteiger partial charge in [0.25, 0.3) is 0 Å². The number of rotatable bonds is 3. The number of nitrogens with zero attached hydrogens (tertiary/aromatic N) is 4. The topological polar surface area (TPSA) is 80.1 Å². The first-order valence-electron chi connectivity index (χ1n) is 7.57. The van der Waals surface area contributed by atoms with Gasteiger partial charge < -0.3 is 10.2 Å². The lowest BCUT2D eigenvalue weighted by Gasteiger charge is -2.37. The number of aromatic nitrogens is 3. The average molecular weight is 291 g/mol.